The fourth-order valence-electron chi connectivity index (χ4n) is 3.07. The Balaban J connectivity index is 1.74. The Labute approximate surface area is 146 Å². The average Bonchev–Trinajstić information content (AvgIpc) is 2.72. The first-order valence-electron chi connectivity index (χ1n) is 7.86. The Kier molecular flexibility index (Phi) is 4.24. The summed E-state index contributed by atoms with van der Waals surface area (Å²) in [5, 5.41) is 0.715. The van der Waals surface area contributed by atoms with Gasteiger partial charge in [-0.2, -0.15) is 0 Å². The average molecular weight is 347 g/mol. The lowest BCUT2D eigenvalue weighted by Gasteiger charge is -2.37. The van der Waals surface area contributed by atoms with Crippen molar-refractivity contribution < 1.29 is 4.74 Å². The number of hydrogen-bond acceptors (Lipinski definition) is 4. The van der Waals surface area contributed by atoms with Gasteiger partial charge >= 0.3 is 0 Å². The van der Waals surface area contributed by atoms with E-state index in [2.05, 4.69) is 41.1 Å². The number of rotatable bonds is 1. The van der Waals surface area contributed by atoms with E-state index in [-0.39, 0.29) is 6.23 Å². The summed E-state index contributed by atoms with van der Waals surface area (Å²) in [5.74, 6) is 0.877. The Morgan fingerprint density at radius 3 is 2.65 bits per heavy atom. The summed E-state index contributed by atoms with van der Waals surface area (Å²) in [6, 6.07) is 14.4. The molecule has 0 aliphatic carbocycles. The number of likely N-dealkylation sites (N-methyl/N-ethyl adjacent to an activating group) is 1. The zero-order chi connectivity index (χ0) is 15.8. The summed E-state index contributed by atoms with van der Waals surface area (Å²) >= 11 is 7.94. The van der Waals surface area contributed by atoms with Crippen LogP contribution in [0.4, 0.5) is 0 Å². The first-order valence-corrected chi connectivity index (χ1v) is 9.06. The molecule has 0 saturated carbocycles. The Bertz CT molecular complexity index is 716. The second-order valence-electron chi connectivity index (χ2n) is 6.04. The van der Waals surface area contributed by atoms with Crippen LogP contribution in [0.1, 0.15) is 11.8 Å². The van der Waals surface area contributed by atoms with Gasteiger partial charge in [0.05, 0.1) is 4.90 Å². The van der Waals surface area contributed by atoms with Gasteiger partial charge in [0.1, 0.15) is 5.75 Å². The molecular weight excluding hydrogens is 328 g/mol. The van der Waals surface area contributed by atoms with Crippen LogP contribution in [-0.4, -0.2) is 43.0 Å². The highest BCUT2D eigenvalue weighted by Gasteiger charge is 2.30. The summed E-state index contributed by atoms with van der Waals surface area (Å²) in [6.07, 6.45) is -0.0490. The zero-order valence-corrected chi connectivity index (χ0v) is 14.6. The van der Waals surface area contributed by atoms with E-state index in [0.717, 1.165) is 36.8 Å². The lowest BCUT2D eigenvalue weighted by Crippen LogP contribution is -2.47. The summed E-state index contributed by atoms with van der Waals surface area (Å²) in [5.41, 5.74) is 1.24. The van der Waals surface area contributed by atoms with Crippen LogP contribution in [0.3, 0.4) is 0 Å². The molecule has 0 unspecified atom stereocenters. The molecule has 1 fully saturated rings. The van der Waals surface area contributed by atoms with Gasteiger partial charge in [-0.3, -0.25) is 4.90 Å². The standard InChI is InChI=1S/C18H19ClN2OS/c1-20-8-10-21(11-9-20)18-14-4-2-3-5-16(14)23-17-7-6-13(19)12-15(17)22-18/h2-7,12,18H,8-11H2,1H3/t18-/m1/s1. The molecule has 2 aromatic rings. The molecule has 0 spiro atoms. The zero-order valence-electron chi connectivity index (χ0n) is 13.0. The topological polar surface area (TPSA) is 15.7 Å². The lowest BCUT2D eigenvalue weighted by molar-refractivity contribution is -0.00755. The molecule has 0 radical (unpaired) electrons. The number of piperazine rings is 1. The van der Waals surface area contributed by atoms with Gasteiger partial charge in [-0.05, 0) is 25.2 Å². The molecular formula is C18H19ClN2OS. The first kappa shape index (κ1) is 15.3. The van der Waals surface area contributed by atoms with Gasteiger partial charge in [-0.15, -0.1) is 0 Å². The SMILES string of the molecule is CN1CCN([C@@H]2Oc3cc(Cl)ccc3Sc3ccccc32)CC1. The van der Waals surface area contributed by atoms with E-state index in [1.54, 1.807) is 11.8 Å². The van der Waals surface area contributed by atoms with Crippen molar-refractivity contribution in [3.05, 3.63) is 53.1 Å². The van der Waals surface area contributed by atoms with Crippen molar-refractivity contribution in [2.45, 2.75) is 16.0 Å². The van der Waals surface area contributed by atoms with Crippen molar-refractivity contribution in [2.75, 3.05) is 33.2 Å². The molecule has 0 N–H and O–H groups in total. The molecule has 3 nitrogen and oxygen atoms in total. The Morgan fingerprint density at radius 2 is 1.83 bits per heavy atom. The fourth-order valence-corrected chi connectivity index (χ4v) is 4.24. The molecule has 0 aromatic heterocycles. The van der Waals surface area contributed by atoms with Crippen LogP contribution >= 0.6 is 23.4 Å². The summed E-state index contributed by atoms with van der Waals surface area (Å²) in [7, 11) is 2.17. The Morgan fingerprint density at radius 1 is 1.04 bits per heavy atom. The van der Waals surface area contributed by atoms with Crippen LogP contribution in [0.25, 0.3) is 0 Å². The van der Waals surface area contributed by atoms with Crippen LogP contribution in [0.15, 0.2) is 52.3 Å². The third-order valence-electron chi connectivity index (χ3n) is 4.42. The van der Waals surface area contributed by atoms with E-state index >= 15 is 0 Å². The van der Waals surface area contributed by atoms with Crippen LogP contribution in [0, 0.1) is 0 Å². The van der Waals surface area contributed by atoms with Crippen molar-refractivity contribution in [1.82, 2.24) is 9.80 Å². The smallest absolute Gasteiger partial charge is 0.180 e. The van der Waals surface area contributed by atoms with E-state index < -0.39 is 0 Å². The number of nitrogens with zero attached hydrogens (tertiary/aromatic N) is 2. The molecule has 4 rings (SSSR count). The van der Waals surface area contributed by atoms with Crippen molar-refractivity contribution in [2.24, 2.45) is 0 Å². The highest BCUT2D eigenvalue weighted by Crippen LogP contribution is 2.45. The van der Waals surface area contributed by atoms with Crippen molar-refractivity contribution in [1.29, 1.82) is 0 Å². The number of fused-ring (bicyclic) bond motifs is 2. The number of benzene rings is 2. The molecule has 0 bridgehead atoms. The second-order valence-corrected chi connectivity index (χ2v) is 7.56. The number of ether oxygens (including phenoxy) is 1. The second kappa shape index (κ2) is 6.36. The van der Waals surface area contributed by atoms with Crippen LogP contribution in [0.5, 0.6) is 5.75 Å². The van der Waals surface area contributed by atoms with E-state index in [0.29, 0.717) is 5.02 Å². The lowest BCUT2D eigenvalue weighted by atomic mass is 10.1. The molecule has 2 aromatic carbocycles. The van der Waals surface area contributed by atoms with Gasteiger partial charge in [-0.25, -0.2) is 0 Å². The highest BCUT2D eigenvalue weighted by atomic mass is 35.5. The molecule has 120 valence electrons. The van der Waals surface area contributed by atoms with Gasteiger partial charge in [0, 0.05) is 47.7 Å². The summed E-state index contributed by atoms with van der Waals surface area (Å²) in [6.45, 7) is 4.15. The highest BCUT2D eigenvalue weighted by molar-refractivity contribution is 7.99. The van der Waals surface area contributed by atoms with Crippen LogP contribution in [0.2, 0.25) is 5.02 Å². The van der Waals surface area contributed by atoms with Crippen LogP contribution in [-0.2, 0) is 0 Å². The maximum Gasteiger partial charge on any atom is 0.180 e. The number of hydrogen-bond donors (Lipinski definition) is 0. The maximum absolute atomic E-state index is 6.44. The van der Waals surface area contributed by atoms with Gasteiger partial charge in [-0.1, -0.05) is 41.6 Å². The molecule has 1 atom stereocenters. The normalized spacial score (nSPS) is 21.9. The van der Waals surface area contributed by atoms with E-state index in [1.807, 2.05) is 18.2 Å². The molecule has 1 saturated heterocycles. The van der Waals surface area contributed by atoms with Crippen molar-refractivity contribution in [3.63, 3.8) is 0 Å². The predicted molar refractivity (Wildman–Crippen MR) is 94.5 cm³/mol. The quantitative estimate of drug-likeness (QED) is 0.771. The largest absolute Gasteiger partial charge is 0.470 e. The molecule has 2 heterocycles. The van der Waals surface area contributed by atoms with Crippen LogP contribution < -0.4 is 4.74 Å². The Hall–Kier alpha value is -1.20. The minimum Gasteiger partial charge on any atom is -0.470 e. The first-order chi connectivity index (χ1) is 11.2. The maximum atomic E-state index is 6.44. The molecule has 5 heteroatoms. The minimum absolute atomic E-state index is 0.0490. The van der Waals surface area contributed by atoms with Gasteiger partial charge < -0.3 is 9.64 Å². The molecule has 0 amide bonds. The predicted octanol–water partition coefficient (Wildman–Crippen LogP) is 4.13. The minimum atomic E-state index is -0.0490. The third kappa shape index (κ3) is 3.09. The van der Waals surface area contributed by atoms with Gasteiger partial charge in [0.25, 0.3) is 0 Å². The van der Waals surface area contributed by atoms with Gasteiger partial charge in [0.15, 0.2) is 6.23 Å². The van der Waals surface area contributed by atoms with E-state index in [9.17, 15) is 0 Å². The molecule has 2 aliphatic heterocycles. The van der Waals surface area contributed by atoms with Gasteiger partial charge in [0.2, 0.25) is 0 Å². The van der Waals surface area contributed by atoms with Crippen molar-refractivity contribution in [3.8, 4) is 5.75 Å². The molecule has 2 aliphatic rings. The summed E-state index contributed by atoms with van der Waals surface area (Å²) < 4.78 is 6.44. The van der Waals surface area contributed by atoms with E-state index in [4.69, 9.17) is 16.3 Å². The van der Waals surface area contributed by atoms with E-state index in [1.165, 1.54) is 10.5 Å². The number of halogens is 1. The fraction of sp³-hybridized carbons (Fsp3) is 0.333. The van der Waals surface area contributed by atoms with Crippen molar-refractivity contribution >= 4 is 23.4 Å². The third-order valence-corrected chi connectivity index (χ3v) is 5.80. The summed E-state index contributed by atoms with van der Waals surface area (Å²) in [4.78, 5) is 7.17. The monoisotopic (exact) mass is 346 g/mol. The molecule has 23 heavy (non-hydrogen) atoms.